The minimum atomic E-state index is -0.553. The van der Waals surface area contributed by atoms with Crippen LogP contribution in [0.1, 0.15) is 98.3 Å². The van der Waals surface area contributed by atoms with Gasteiger partial charge in [-0.05, 0) is 112 Å². The Bertz CT molecular complexity index is 712. The molecule has 182 valence electrons. The zero-order valence-corrected chi connectivity index (χ0v) is 21.1. The van der Waals surface area contributed by atoms with Crippen molar-refractivity contribution in [1.29, 1.82) is 0 Å². The van der Waals surface area contributed by atoms with Gasteiger partial charge in [-0.15, -0.1) is 0 Å². The number of aliphatic hydroxyl groups excluding tert-OH is 2. The number of aliphatic hydroxyl groups is 3. The van der Waals surface area contributed by atoms with E-state index in [1.54, 1.807) is 5.57 Å². The van der Waals surface area contributed by atoms with E-state index in [9.17, 15) is 15.3 Å². The van der Waals surface area contributed by atoms with Gasteiger partial charge in [0.1, 0.15) is 0 Å². The zero-order chi connectivity index (χ0) is 23.5. The van der Waals surface area contributed by atoms with Crippen LogP contribution in [0.25, 0.3) is 0 Å². The molecule has 3 aliphatic carbocycles. The van der Waals surface area contributed by atoms with E-state index < -0.39 is 5.60 Å². The fraction of sp³-hybridized carbons (Fsp3) is 0.793. The number of rotatable bonds is 8. The first-order valence-electron chi connectivity index (χ1n) is 13.1. The van der Waals surface area contributed by atoms with E-state index in [2.05, 4.69) is 32.6 Å². The number of hydrogen-bond donors (Lipinski definition) is 3. The van der Waals surface area contributed by atoms with Crippen LogP contribution < -0.4 is 0 Å². The zero-order valence-electron chi connectivity index (χ0n) is 21.1. The SMILES string of the molecule is C=C1/C(=C\C=C2/CCC[C@@]3(C)C2CC[C@@H]3[C@H](C)CCCC(C)(C)O)C[C@@H](O)CC1CCO. The lowest BCUT2D eigenvalue weighted by Crippen LogP contribution is -2.36. The first-order valence-corrected chi connectivity index (χ1v) is 13.1. The van der Waals surface area contributed by atoms with E-state index in [1.807, 2.05) is 13.8 Å². The van der Waals surface area contributed by atoms with Gasteiger partial charge < -0.3 is 15.3 Å². The van der Waals surface area contributed by atoms with Gasteiger partial charge in [0.05, 0.1) is 11.7 Å². The second-order valence-electron chi connectivity index (χ2n) is 12.0. The lowest BCUT2D eigenvalue weighted by atomic mass is 9.60. The molecule has 3 rings (SSSR count). The van der Waals surface area contributed by atoms with Crippen molar-refractivity contribution in [2.24, 2.45) is 29.1 Å². The Morgan fingerprint density at radius 3 is 2.69 bits per heavy atom. The molecular formula is C29H48O3. The Hall–Kier alpha value is -0.900. The van der Waals surface area contributed by atoms with Gasteiger partial charge in [0, 0.05) is 6.61 Å². The van der Waals surface area contributed by atoms with Crippen molar-refractivity contribution in [1.82, 2.24) is 0 Å². The standard InChI is InChI=1S/C29H48O3/c1-20(8-6-15-28(3,4)32)26-12-13-27-22(9-7-16-29(26,27)5)10-11-23-18-25(31)19-24(14-17-30)21(23)2/h10-11,20,24-27,30-32H,2,6-9,12-19H2,1,3-5H3/b22-10+,23-11-/t20-,24?,25-,26-,27?,29-/m1/s1. The first kappa shape index (κ1) is 25.7. The minimum Gasteiger partial charge on any atom is -0.396 e. The third-order valence-corrected chi connectivity index (χ3v) is 9.07. The summed E-state index contributed by atoms with van der Waals surface area (Å²) in [6.45, 7) is 13.3. The van der Waals surface area contributed by atoms with E-state index in [0.717, 1.165) is 30.8 Å². The van der Waals surface area contributed by atoms with Crippen LogP contribution in [0.2, 0.25) is 0 Å². The van der Waals surface area contributed by atoms with Crippen LogP contribution >= 0.6 is 0 Å². The molecule has 0 spiro atoms. The Labute approximate surface area is 196 Å². The lowest BCUT2D eigenvalue weighted by Gasteiger charge is -2.44. The molecule has 0 radical (unpaired) electrons. The van der Waals surface area contributed by atoms with Crippen LogP contribution in [-0.4, -0.2) is 33.6 Å². The van der Waals surface area contributed by atoms with Crippen molar-refractivity contribution < 1.29 is 15.3 Å². The summed E-state index contributed by atoms with van der Waals surface area (Å²) in [6, 6.07) is 0. The predicted molar refractivity (Wildman–Crippen MR) is 133 cm³/mol. The van der Waals surface area contributed by atoms with Crippen LogP contribution in [0.5, 0.6) is 0 Å². The van der Waals surface area contributed by atoms with Gasteiger partial charge >= 0.3 is 0 Å². The molecule has 0 aromatic rings. The fourth-order valence-electron chi connectivity index (χ4n) is 7.30. The van der Waals surface area contributed by atoms with E-state index in [0.29, 0.717) is 30.1 Å². The van der Waals surface area contributed by atoms with Gasteiger partial charge in [-0.25, -0.2) is 0 Å². The third kappa shape index (κ3) is 5.96. The first-order chi connectivity index (χ1) is 15.0. The predicted octanol–water partition coefficient (Wildman–Crippen LogP) is 6.34. The molecule has 3 fully saturated rings. The molecule has 0 aromatic heterocycles. The van der Waals surface area contributed by atoms with Crippen molar-refractivity contribution in [3.8, 4) is 0 Å². The summed E-state index contributed by atoms with van der Waals surface area (Å²) in [7, 11) is 0. The van der Waals surface area contributed by atoms with Crippen LogP contribution in [0.3, 0.4) is 0 Å². The summed E-state index contributed by atoms with van der Waals surface area (Å²) in [5.41, 5.74) is 3.73. The second kappa shape index (κ2) is 10.6. The van der Waals surface area contributed by atoms with Crippen LogP contribution in [0.4, 0.5) is 0 Å². The molecule has 0 bridgehead atoms. The van der Waals surface area contributed by atoms with Crippen molar-refractivity contribution in [2.75, 3.05) is 6.61 Å². The number of allylic oxidation sites excluding steroid dienone is 4. The molecule has 0 aromatic carbocycles. The molecule has 6 atom stereocenters. The highest BCUT2D eigenvalue weighted by molar-refractivity contribution is 5.38. The summed E-state index contributed by atoms with van der Waals surface area (Å²) < 4.78 is 0. The van der Waals surface area contributed by atoms with Crippen molar-refractivity contribution in [3.05, 3.63) is 35.5 Å². The minimum absolute atomic E-state index is 0.153. The lowest BCUT2D eigenvalue weighted by molar-refractivity contribution is 0.0596. The molecule has 3 nitrogen and oxygen atoms in total. The van der Waals surface area contributed by atoms with Gasteiger partial charge in [0.2, 0.25) is 0 Å². The molecule has 0 amide bonds. The molecule has 2 unspecified atom stereocenters. The maximum Gasteiger partial charge on any atom is 0.0591 e. The average Bonchev–Trinajstić information content (AvgIpc) is 3.06. The Kier molecular flexibility index (Phi) is 8.50. The van der Waals surface area contributed by atoms with Gasteiger partial charge in [-0.1, -0.05) is 51.0 Å². The molecule has 0 heterocycles. The number of fused-ring (bicyclic) bond motifs is 1. The van der Waals surface area contributed by atoms with Crippen LogP contribution in [0, 0.1) is 29.1 Å². The quantitative estimate of drug-likeness (QED) is 0.409. The van der Waals surface area contributed by atoms with E-state index >= 15 is 0 Å². The third-order valence-electron chi connectivity index (χ3n) is 9.07. The van der Waals surface area contributed by atoms with Crippen molar-refractivity contribution >= 4 is 0 Å². The molecule has 3 aliphatic rings. The Morgan fingerprint density at radius 1 is 1.25 bits per heavy atom. The smallest absolute Gasteiger partial charge is 0.0591 e. The maximum absolute atomic E-state index is 10.3. The highest BCUT2D eigenvalue weighted by Gasteiger charge is 2.50. The largest absolute Gasteiger partial charge is 0.396 e. The van der Waals surface area contributed by atoms with E-state index in [4.69, 9.17) is 0 Å². The Morgan fingerprint density at radius 2 is 2.00 bits per heavy atom. The molecule has 32 heavy (non-hydrogen) atoms. The van der Waals surface area contributed by atoms with Crippen molar-refractivity contribution in [2.45, 2.75) is 110 Å². The Balaban J connectivity index is 1.70. The summed E-state index contributed by atoms with van der Waals surface area (Å²) >= 11 is 0. The molecule has 3 N–H and O–H groups in total. The van der Waals surface area contributed by atoms with Crippen molar-refractivity contribution in [3.63, 3.8) is 0 Å². The highest BCUT2D eigenvalue weighted by Crippen LogP contribution is 2.60. The molecule has 0 aliphatic heterocycles. The summed E-state index contributed by atoms with van der Waals surface area (Å²) in [5, 5.41) is 29.8. The fourth-order valence-corrected chi connectivity index (χ4v) is 7.30. The molecule has 3 saturated carbocycles. The van der Waals surface area contributed by atoms with Crippen LogP contribution in [0.15, 0.2) is 35.5 Å². The van der Waals surface area contributed by atoms with Crippen LogP contribution in [-0.2, 0) is 0 Å². The second-order valence-corrected chi connectivity index (χ2v) is 12.0. The van der Waals surface area contributed by atoms with E-state index in [1.165, 1.54) is 44.1 Å². The average molecular weight is 445 g/mol. The molecule has 3 heteroatoms. The maximum atomic E-state index is 10.3. The number of hydrogen-bond acceptors (Lipinski definition) is 3. The van der Waals surface area contributed by atoms with Gasteiger partial charge in [-0.3, -0.25) is 0 Å². The summed E-state index contributed by atoms with van der Waals surface area (Å²) in [6.07, 6.45) is 16.0. The van der Waals surface area contributed by atoms with Gasteiger partial charge in [-0.2, -0.15) is 0 Å². The molecule has 0 saturated heterocycles. The monoisotopic (exact) mass is 444 g/mol. The highest BCUT2D eigenvalue weighted by atomic mass is 16.3. The normalized spacial score (nSPS) is 37.2. The van der Waals surface area contributed by atoms with Gasteiger partial charge in [0.25, 0.3) is 0 Å². The molecular weight excluding hydrogens is 396 g/mol. The van der Waals surface area contributed by atoms with E-state index in [-0.39, 0.29) is 18.6 Å². The summed E-state index contributed by atoms with van der Waals surface area (Å²) in [4.78, 5) is 0. The topological polar surface area (TPSA) is 60.7 Å². The summed E-state index contributed by atoms with van der Waals surface area (Å²) in [5.74, 6) is 2.35. The van der Waals surface area contributed by atoms with Gasteiger partial charge in [0.15, 0.2) is 0 Å².